The van der Waals surface area contributed by atoms with Crippen molar-refractivity contribution in [1.82, 2.24) is 0 Å². The summed E-state index contributed by atoms with van der Waals surface area (Å²) in [6, 6.07) is 0. The van der Waals surface area contributed by atoms with E-state index >= 15 is 0 Å². The van der Waals surface area contributed by atoms with Crippen LogP contribution in [0.25, 0.3) is 0 Å². The monoisotopic (exact) mass is 110 g/mol. The molecule has 1 aliphatic rings. The molecule has 1 heteroatoms. The van der Waals surface area contributed by atoms with Crippen LogP contribution in [0.5, 0.6) is 0 Å². The van der Waals surface area contributed by atoms with Gasteiger partial charge in [-0.1, -0.05) is 19.1 Å². The molecule has 1 nitrogen and oxygen atoms in total. The van der Waals surface area contributed by atoms with E-state index in [0.29, 0.717) is 5.92 Å². The van der Waals surface area contributed by atoms with E-state index in [2.05, 4.69) is 13.0 Å². The highest BCUT2D eigenvalue weighted by molar-refractivity contribution is 5.60. The van der Waals surface area contributed by atoms with Crippen LogP contribution in [0.15, 0.2) is 12.2 Å². The van der Waals surface area contributed by atoms with Gasteiger partial charge >= 0.3 is 0 Å². The Bertz CT molecular complexity index is 116. The van der Waals surface area contributed by atoms with E-state index in [1.54, 1.807) is 0 Å². The maximum atomic E-state index is 10.1. The molecule has 0 fully saturated rings. The van der Waals surface area contributed by atoms with Crippen LogP contribution in [-0.4, -0.2) is 6.29 Å². The van der Waals surface area contributed by atoms with Crippen molar-refractivity contribution in [3.05, 3.63) is 12.2 Å². The second-order valence-electron chi connectivity index (χ2n) is 2.17. The van der Waals surface area contributed by atoms with Crippen LogP contribution >= 0.6 is 0 Å². The Balaban J connectivity index is 2.41. The molecule has 0 spiro atoms. The molecule has 0 N–H and O–H groups in total. The van der Waals surface area contributed by atoms with Gasteiger partial charge in [-0.2, -0.15) is 0 Å². The van der Waals surface area contributed by atoms with E-state index in [9.17, 15) is 4.79 Å². The van der Waals surface area contributed by atoms with Gasteiger partial charge < -0.3 is 4.79 Å². The Morgan fingerprint density at radius 2 is 2.38 bits per heavy atom. The minimum atomic E-state index is 0.236. The second kappa shape index (κ2) is 2.12. The number of aldehydes is 1. The predicted molar refractivity (Wildman–Crippen MR) is 32.5 cm³/mol. The van der Waals surface area contributed by atoms with Crippen molar-refractivity contribution < 1.29 is 4.79 Å². The Labute approximate surface area is 49.4 Å². The summed E-state index contributed by atoms with van der Waals surface area (Å²) in [5, 5.41) is 0. The van der Waals surface area contributed by atoms with E-state index in [-0.39, 0.29) is 5.92 Å². The van der Waals surface area contributed by atoms with Crippen LogP contribution in [0, 0.1) is 11.8 Å². The van der Waals surface area contributed by atoms with Gasteiger partial charge in [0.15, 0.2) is 0 Å². The highest BCUT2D eigenvalue weighted by atomic mass is 16.1. The van der Waals surface area contributed by atoms with Crippen LogP contribution in [-0.2, 0) is 4.79 Å². The lowest BCUT2D eigenvalue weighted by atomic mass is 9.82. The number of rotatable bonds is 2. The topological polar surface area (TPSA) is 17.1 Å². The summed E-state index contributed by atoms with van der Waals surface area (Å²) in [5.74, 6) is 0.785. The standard InChI is InChI=1S/C7H10O/c1-2-6-3-4-7(6)5-8/h3-7H,2H2,1H3/t6-,7-/m1/s1. The Morgan fingerprint density at radius 1 is 1.62 bits per heavy atom. The lowest BCUT2D eigenvalue weighted by molar-refractivity contribution is -0.111. The highest BCUT2D eigenvalue weighted by Gasteiger charge is 2.20. The van der Waals surface area contributed by atoms with Crippen molar-refractivity contribution in [3.63, 3.8) is 0 Å². The van der Waals surface area contributed by atoms with Crippen LogP contribution in [0.3, 0.4) is 0 Å². The molecule has 0 aliphatic heterocycles. The maximum Gasteiger partial charge on any atom is 0.127 e. The number of carbonyl (C=O) groups is 1. The lowest BCUT2D eigenvalue weighted by Gasteiger charge is -2.22. The Hall–Kier alpha value is -0.590. The minimum absolute atomic E-state index is 0.236. The number of hydrogen-bond acceptors (Lipinski definition) is 1. The second-order valence-corrected chi connectivity index (χ2v) is 2.17. The Morgan fingerprint density at radius 3 is 2.50 bits per heavy atom. The van der Waals surface area contributed by atoms with Gasteiger partial charge in [-0.25, -0.2) is 0 Å². The van der Waals surface area contributed by atoms with Crippen LogP contribution in [0.1, 0.15) is 13.3 Å². The highest BCUT2D eigenvalue weighted by Crippen LogP contribution is 2.25. The SMILES string of the molecule is CC[C@@H]1C=C[C@@H]1C=O. The van der Waals surface area contributed by atoms with Crippen molar-refractivity contribution in [3.8, 4) is 0 Å². The molecular weight excluding hydrogens is 100 g/mol. The summed E-state index contributed by atoms with van der Waals surface area (Å²) in [5.41, 5.74) is 0. The fraction of sp³-hybridized carbons (Fsp3) is 0.571. The molecule has 0 unspecified atom stereocenters. The van der Waals surface area contributed by atoms with E-state index in [0.717, 1.165) is 12.7 Å². The number of allylic oxidation sites excluding steroid dienone is 2. The summed E-state index contributed by atoms with van der Waals surface area (Å²) in [6.07, 6.45) is 6.17. The molecule has 1 aliphatic carbocycles. The van der Waals surface area contributed by atoms with Gasteiger partial charge in [0.1, 0.15) is 6.29 Å². The van der Waals surface area contributed by atoms with Crippen LogP contribution in [0.4, 0.5) is 0 Å². The fourth-order valence-electron chi connectivity index (χ4n) is 0.951. The zero-order chi connectivity index (χ0) is 5.98. The summed E-state index contributed by atoms with van der Waals surface area (Å²) in [7, 11) is 0. The molecule has 0 radical (unpaired) electrons. The van der Waals surface area contributed by atoms with E-state index < -0.39 is 0 Å². The third kappa shape index (κ3) is 0.683. The summed E-state index contributed by atoms with van der Waals surface area (Å²) >= 11 is 0. The van der Waals surface area contributed by atoms with Gasteiger partial charge in [0.25, 0.3) is 0 Å². The van der Waals surface area contributed by atoms with E-state index in [1.165, 1.54) is 0 Å². The van der Waals surface area contributed by atoms with E-state index in [4.69, 9.17) is 0 Å². The molecule has 1 rings (SSSR count). The van der Waals surface area contributed by atoms with Crippen LogP contribution in [0.2, 0.25) is 0 Å². The third-order valence-corrected chi connectivity index (χ3v) is 1.70. The molecule has 2 atom stereocenters. The van der Waals surface area contributed by atoms with Crippen molar-refractivity contribution in [2.45, 2.75) is 13.3 Å². The molecule has 0 heterocycles. The van der Waals surface area contributed by atoms with Gasteiger partial charge in [-0.3, -0.25) is 0 Å². The molecule has 0 amide bonds. The van der Waals surface area contributed by atoms with Crippen molar-refractivity contribution in [2.24, 2.45) is 11.8 Å². The molecular formula is C7H10O. The summed E-state index contributed by atoms with van der Waals surface area (Å²) < 4.78 is 0. The zero-order valence-corrected chi connectivity index (χ0v) is 5.00. The Kier molecular flexibility index (Phi) is 1.47. The molecule has 0 saturated carbocycles. The van der Waals surface area contributed by atoms with Gasteiger partial charge in [0, 0.05) is 5.92 Å². The maximum absolute atomic E-state index is 10.1. The first-order chi connectivity index (χ1) is 3.88. The van der Waals surface area contributed by atoms with Crippen molar-refractivity contribution >= 4 is 6.29 Å². The molecule has 44 valence electrons. The molecule has 0 aromatic rings. The quantitative estimate of drug-likeness (QED) is 0.388. The van der Waals surface area contributed by atoms with Gasteiger partial charge in [0.2, 0.25) is 0 Å². The predicted octanol–water partition coefficient (Wildman–Crippen LogP) is 1.40. The summed E-state index contributed by atoms with van der Waals surface area (Å²) in [4.78, 5) is 10.1. The lowest BCUT2D eigenvalue weighted by Crippen LogP contribution is -2.18. The van der Waals surface area contributed by atoms with Gasteiger partial charge in [0.05, 0.1) is 0 Å². The summed E-state index contributed by atoms with van der Waals surface area (Å²) in [6.45, 7) is 2.10. The normalized spacial score (nSPS) is 34.1. The minimum Gasteiger partial charge on any atom is -0.303 e. The molecule has 0 aromatic heterocycles. The molecule has 8 heavy (non-hydrogen) atoms. The number of carbonyl (C=O) groups excluding carboxylic acids is 1. The molecule has 0 saturated heterocycles. The first-order valence-corrected chi connectivity index (χ1v) is 3.02. The number of hydrogen-bond donors (Lipinski definition) is 0. The van der Waals surface area contributed by atoms with Crippen molar-refractivity contribution in [1.29, 1.82) is 0 Å². The van der Waals surface area contributed by atoms with Crippen LogP contribution < -0.4 is 0 Å². The molecule has 0 bridgehead atoms. The largest absolute Gasteiger partial charge is 0.303 e. The average molecular weight is 110 g/mol. The first kappa shape index (κ1) is 5.54. The zero-order valence-electron chi connectivity index (χ0n) is 5.00. The smallest absolute Gasteiger partial charge is 0.127 e. The fourth-order valence-corrected chi connectivity index (χ4v) is 0.951. The van der Waals surface area contributed by atoms with Gasteiger partial charge in [-0.05, 0) is 12.3 Å². The van der Waals surface area contributed by atoms with Gasteiger partial charge in [-0.15, -0.1) is 0 Å². The molecule has 0 aromatic carbocycles. The first-order valence-electron chi connectivity index (χ1n) is 3.02. The third-order valence-electron chi connectivity index (χ3n) is 1.70. The van der Waals surface area contributed by atoms with Crippen molar-refractivity contribution in [2.75, 3.05) is 0 Å². The average Bonchev–Trinajstić information content (AvgIpc) is 1.66. The van der Waals surface area contributed by atoms with E-state index in [1.807, 2.05) is 6.08 Å².